The Balaban J connectivity index is 1.25. The summed E-state index contributed by atoms with van der Waals surface area (Å²) >= 11 is 1.66. The molecule has 2 heterocycles. The molecule has 1 saturated heterocycles. The second-order valence-electron chi connectivity index (χ2n) is 9.19. The topological polar surface area (TPSA) is 79.4 Å². The number of hydrogen-bond acceptors (Lipinski definition) is 6. The molecule has 0 saturated carbocycles. The van der Waals surface area contributed by atoms with Crippen LogP contribution in [0.2, 0.25) is 0 Å². The molecule has 0 bridgehead atoms. The first-order chi connectivity index (χ1) is 17.4. The van der Waals surface area contributed by atoms with Crippen LogP contribution in [0.25, 0.3) is 20.8 Å². The molecular formula is C28H29N3O3S2. The van der Waals surface area contributed by atoms with Crippen LogP contribution in [-0.4, -0.2) is 43.1 Å². The number of rotatable bonds is 7. The van der Waals surface area contributed by atoms with Crippen LogP contribution in [0.1, 0.15) is 41.6 Å². The Morgan fingerprint density at radius 2 is 1.72 bits per heavy atom. The molecule has 1 aliphatic heterocycles. The molecule has 0 unspecified atom stereocenters. The Kier molecular flexibility index (Phi) is 7.18. The van der Waals surface area contributed by atoms with Crippen molar-refractivity contribution in [3.8, 4) is 10.6 Å². The van der Waals surface area contributed by atoms with Crippen molar-refractivity contribution in [3.05, 3.63) is 77.9 Å². The van der Waals surface area contributed by atoms with Gasteiger partial charge in [-0.1, -0.05) is 31.0 Å². The number of sulfonamides is 1. The third kappa shape index (κ3) is 5.36. The maximum Gasteiger partial charge on any atom is 0.243 e. The second kappa shape index (κ2) is 10.5. The van der Waals surface area contributed by atoms with Crippen LogP contribution in [0.15, 0.2) is 71.6 Å². The smallest absolute Gasteiger partial charge is 0.243 e. The van der Waals surface area contributed by atoms with E-state index in [1.165, 1.54) is 11.6 Å². The zero-order chi connectivity index (χ0) is 25.1. The molecule has 1 aromatic heterocycles. The number of ketones is 1. The molecule has 0 aliphatic carbocycles. The molecule has 1 aliphatic rings. The number of nitrogens with one attached hydrogen (secondary N) is 1. The van der Waals surface area contributed by atoms with Gasteiger partial charge in [-0.15, -0.1) is 11.3 Å². The van der Waals surface area contributed by atoms with Crippen LogP contribution < -0.4 is 5.32 Å². The van der Waals surface area contributed by atoms with Crippen molar-refractivity contribution < 1.29 is 13.2 Å². The Hall–Kier alpha value is -3.07. The Morgan fingerprint density at radius 3 is 2.47 bits per heavy atom. The number of anilines is 1. The van der Waals surface area contributed by atoms with E-state index in [1.54, 1.807) is 33.8 Å². The van der Waals surface area contributed by atoms with E-state index in [-0.39, 0.29) is 17.2 Å². The summed E-state index contributed by atoms with van der Waals surface area (Å²) < 4.78 is 28.9. The largest absolute Gasteiger partial charge is 0.378 e. The highest BCUT2D eigenvalue weighted by Gasteiger charge is 2.25. The van der Waals surface area contributed by atoms with E-state index < -0.39 is 10.0 Å². The van der Waals surface area contributed by atoms with Crippen molar-refractivity contribution in [2.24, 2.45) is 0 Å². The summed E-state index contributed by atoms with van der Waals surface area (Å²) in [5.74, 6) is -0.159. The van der Waals surface area contributed by atoms with Gasteiger partial charge in [0.1, 0.15) is 5.01 Å². The van der Waals surface area contributed by atoms with Gasteiger partial charge in [0.2, 0.25) is 10.0 Å². The zero-order valence-electron chi connectivity index (χ0n) is 20.2. The molecule has 6 nitrogen and oxygen atoms in total. The fourth-order valence-corrected chi connectivity index (χ4v) is 7.06. The average Bonchev–Trinajstić information content (AvgIpc) is 3.11. The van der Waals surface area contributed by atoms with Crippen molar-refractivity contribution in [2.45, 2.75) is 37.5 Å². The van der Waals surface area contributed by atoms with Gasteiger partial charge in [0, 0.05) is 29.9 Å². The Morgan fingerprint density at radius 1 is 0.972 bits per heavy atom. The predicted octanol–water partition coefficient (Wildman–Crippen LogP) is 6.13. The van der Waals surface area contributed by atoms with Crippen molar-refractivity contribution in [2.75, 3.05) is 25.0 Å². The second-order valence-corrected chi connectivity index (χ2v) is 12.2. The maximum absolute atomic E-state index is 13.1. The van der Waals surface area contributed by atoms with Gasteiger partial charge in [-0.2, -0.15) is 4.31 Å². The quantitative estimate of drug-likeness (QED) is 0.297. The minimum atomic E-state index is -3.60. The van der Waals surface area contributed by atoms with E-state index in [0.29, 0.717) is 18.7 Å². The number of fused-ring (bicyclic) bond motifs is 1. The van der Waals surface area contributed by atoms with Gasteiger partial charge in [-0.05, 0) is 73.9 Å². The molecule has 0 atom stereocenters. The molecule has 5 rings (SSSR count). The van der Waals surface area contributed by atoms with Crippen molar-refractivity contribution in [1.82, 2.24) is 9.29 Å². The van der Waals surface area contributed by atoms with Crippen LogP contribution >= 0.6 is 11.3 Å². The van der Waals surface area contributed by atoms with E-state index in [9.17, 15) is 13.2 Å². The summed E-state index contributed by atoms with van der Waals surface area (Å²) in [6.45, 7) is 3.22. The van der Waals surface area contributed by atoms with Gasteiger partial charge < -0.3 is 5.32 Å². The molecule has 0 spiro atoms. The third-order valence-electron chi connectivity index (χ3n) is 6.49. The first kappa shape index (κ1) is 24.6. The van der Waals surface area contributed by atoms with Gasteiger partial charge in [-0.25, -0.2) is 13.4 Å². The lowest BCUT2D eigenvalue weighted by molar-refractivity contribution is 0.101. The van der Waals surface area contributed by atoms with Crippen LogP contribution in [0.3, 0.4) is 0 Å². The summed E-state index contributed by atoms with van der Waals surface area (Å²) in [5.41, 5.74) is 4.44. The number of Topliss-reactive ketones (excluding diaryl/α,β-unsaturated/α-hetero) is 1. The summed E-state index contributed by atoms with van der Waals surface area (Å²) in [5, 5.41) is 4.12. The van der Waals surface area contributed by atoms with E-state index in [0.717, 1.165) is 52.2 Å². The maximum atomic E-state index is 13.1. The fraction of sp³-hybridized carbons (Fsp3) is 0.286. The molecule has 1 fully saturated rings. The fourth-order valence-electron chi connectivity index (χ4n) is 4.43. The predicted molar refractivity (Wildman–Crippen MR) is 146 cm³/mol. The number of aryl methyl sites for hydroxylation is 1. The van der Waals surface area contributed by atoms with E-state index in [1.807, 2.05) is 30.3 Å². The van der Waals surface area contributed by atoms with Crippen molar-refractivity contribution in [1.29, 1.82) is 0 Å². The number of hydrogen-bond donors (Lipinski definition) is 1. The molecule has 1 N–H and O–H groups in total. The lowest BCUT2D eigenvalue weighted by atomic mass is 10.1. The van der Waals surface area contributed by atoms with Crippen LogP contribution in [0.4, 0.5) is 5.69 Å². The zero-order valence-corrected chi connectivity index (χ0v) is 21.9. The number of carbonyl (C=O) groups is 1. The first-order valence-electron chi connectivity index (χ1n) is 12.2. The standard InChI is InChI=1S/C28H29N3O3S2/c1-20-9-14-25-27(17-20)35-28(30-25)21-10-12-23(13-11-21)29-19-26(32)22-7-6-8-24(18-22)36(33,34)31-15-4-2-3-5-16-31/h6-14,17-18,29H,2-5,15-16,19H2,1H3. The highest BCUT2D eigenvalue weighted by atomic mass is 32.2. The summed E-state index contributed by atoms with van der Waals surface area (Å²) in [6.07, 6.45) is 3.85. The van der Waals surface area contributed by atoms with Crippen molar-refractivity contribution >= 4 is 43.0 Å². The van der Waals surface area contributed by atoms with Crippen molar-refractivity contribution in [3.63, 3.8) is 0 Å². The van der Waals surface area contributed by atoms with E-state index in [4.69, 9.17) is 4.98 Å². The molecule has 186 valence electrons. The lowest BCUT2D eigenvalue weighted by Crippen LogP contribution is -2.32. The minimum absolute atomic E-state index is 0.0764. The summed E-state index contributed by atoms with van der Waals surface area (Å²) in [7, 11) is -3.60. The molecule has 8 heteroatoms. The molecule has 0 amide bonds. The van der Waals surface area contributed by atoms with Gasteiger partial charge in [-0.3, -0.25) is 4.79 Å². The highest BCUT2D eigenvalue weighted by Crippen LogP contribution is 2.31. The van der Waals surface area contributed by atoms with Gasteiger partial charge in [0.05, 0.1) is 21.7 Å². The average molecular weight is 520 g/mol. The SMILES string of the molecule is Cc1ccc2nc(-c3ccc(NCC(=O)c4cccc(S(=O)(=O)N5CCCCCC5)c4)cc3)sc2c1. The monoisotopic (exact) mass is 519 g/mol. The third-order valence-corrected chi connectivity index (χ3v) is 9.45. The highest BCUT2D eigenvalue weighted by molar-refractivity contribution is 7.89. The number of aromatic nitrogens is 1. The number of carbonyl (C=O) groups excluding carboxylic acids is 1. The molecule has 3 aromatic carbocycles. The van der Waals surface area contributed by atoms with E-state index >= 15 is 0 Å². The molecular weight excluding hydrogens is 490 g/mol. The van der Waals surface area contributed by atoms with Crippen LogP contribution in [0.5, 0.6) is 0 Å². The number of thiazole rings is 1. The lowest BCUT2D eigenvalue weighted by Gasteiger charge is -2.20. The molecule has 4 aromatic rings. The van der Waals surface area contributed by atoms with Crippen LogP contribution in [0, 0.1) is 6.92 Å². The van der Waals surface area contributed by atoms with Gasteiger partial charge in [0.25, 0.3) is 0 Å². The Bertz CT molecular complexity index is 1490. The van der Waals surface area contributed by atoms with Gasteiger partial charge >= 0.3 is 0 Å². The first-order valence-corrected chi connectivity index (χ1v) is 14.5. The minimum Gasteiger partial charge on any atom is -0.378 e. The number of benzene rings is 3. The van der Waals surface area contributed by atoms with Crippen LogP contribution in [-0.2, 0) is 10.0 Å². The normalized spacial score (nSPS) is 15.0. The summed E-state index contributed by atoms with van der Waals surface area (Å²) in [4.78, 5) is 17.8. The summed E-state index contributed by atoms with van der Waals surface area (Å²) in [6, 6.07) is 20.5. The Labute approximate surface area is 216 Å². The molecule has 0 radical (unpaired) electrons. The van der Waals surface area contributed by atoms with Gasteiger partial charge in [0.15, 0.2) is 5.78 Å². The number of nitrogens with zero attached hydrogens (tertiary/aromatic N) is 2. The molecule has 36 heavy (non-hydrogen) atoms. The van der Waals surface area contributed by atoms with E-state index in [2.05, 4.69) is 24.4 Å².